The average Bonchev–Trinajstić information content (AvgIpc) is 3.08. The van der Waals surface area contributed by atoms with E-state index in [0.29, 0.717) is 12.3 Å². The number of hydrogen-bond donors (Lipinski definition) is 1. The summed E-state index contributed by atoms with van der Waals surface area (Å²) in [7, 11) is 0. The first-order valence-corrected chi connectivity index (χ1v) is 8.20. The maximum Gasteiger partial charge on any atom is 0.221 e. The highest BCUT2D eigenvalue weighted by Gasteiger charge is 2.22. The number of hydrogen-bond acceptors (Lipinski definition) is 2. The van der Waals surface area contributed by atoms with E-state index in [1.807, 2.05) is 42.5 Å². The average molecular weight is 297 g/mol. The largest absolute Gasteiger partial charge is 0.467 e. The quantitative estimate of drug-likeness (QED) is 0.885. The molecule has 1 aliphatic rings. The third kappa shape index (κ3) is 3.79. The van der Waals surface area contributed by atoms with Gasteiger partial charge in [-0.3, -0.25) is 4.79 Å². The molecule has 0 aliphatic heterocycles. The van der Waals surface area contributed by atoms with Gasteiger partial charge in [-0.1, -0.05) is 49.6 Å². The molecule has 0 spiro atoms. The van der Waals surface area contributed by atoms with Gasteiger partial charge in [0.25, 0.3) is 0 Å². The second-order valence-electron chi connectivity index (χ2n) is 6.13. The van der Waals surface area contributed by atoms with Crippen LogP contribution in [0.1, 0.15) is 55.9 Å². The first-order chi connectivity index (χ1) is 10.8. The Kier molecular flexibility index (Phi) is 4.94. The fraction of sp³-hybridized carbons (Fsp3) is 0.421. The van der Waals surface area contributed by atoms with Gasteiger partial charge in [0.05, 0.1) is 6.26 Å². The van der Waals surface area contributed by atoms with E-state index in [4.69, 9.17) is 4.42 Å². The summed E-state index contributed by atoms with van der Waals surface area (Å²) in [4.78, 5) is 12.4. The molecule has 1 atom stereocenters. The van der Waals surface area contributed by atoms with Gasteiger partial charge in [0.15, 0.2) is 0 Å². The van der Waals surface area contributed by atoms with Crippen molar-refractivity contribution in [2.24, 2.45) is 5.92 Å². The molecule has 3 rings (SSSR count). The summed E-state index contributed by atoms with van der Waals surface area (Å²) in [6.07, 6.45) is 8.49. The topological polar surface area (TPSA) is 42.2 Å². The number of rotatable bonds is 5. The van der Waals surface area contributed by atoms with E-state index in [1.165, 1.54) is 32.1 Å². The van der Waals surface area contributed by atoms with Crippen molar-refractivity contribution in [3.8, 4) is 0 Å². The van der Waals surface area contributed by atoms with Crippen LogP contribution >= 0.6 is 0 Å². The molecule has 22 heavy (non-hydrogen) atoms. The lowest BCUT2D eigenvalue weighted by atomic mass is 9.86. The molecule has 1 unspecified atom stereocenters. The van der Waals surface area contributed by atoms with Gasteiger partial charge in [-0.05, 0) is 36.5 Å². The third-order valence-corrected chi connectivity index (χ3v) is 4.46. The van der Waals surface area contributed by atoms with Crippen LogP contribution in [0.2, 0.25) is 0 Å². The molecule has 3 heteroatoms. The highest BCUT2D eigenvalue weighted by molar-refractivity contribution is 5.77. The predicted octanol–water partition coefficient (Wildman–Crippen LogP) is 4.46. The number of furan rings is 1. The fourth-order valence-electron chi connectivity index (χ4n) is 3.29. The fourth-order valence-corrected chi connectivity index (χ4v) is 3.29. The third-order valence-electron chi connectivity index (χ3n) is 4.46. The van der Waals surface area contributed by atoms with E-state index in [-0.39, 0.29) is 11.9 Å². The van der Waals surface area contributed by atoms with Gasteiger partial charge in [0.2, 0.25) is 5.91 Å². The molecule has 116 valence electrons. The zero-order chi connectivity index (χ0) is 15.2. The number of carbonyl (C=O) groups excluding carboxylic acids is 1. The van der Waals surface area contributed by atoms with Crippen LogP contribution in [0.4, 0.5) is 0 Å². The standard InChI is InChI=1S/C19H23NO2/c21-18(14-15-8-3-1-4-9-15)20-19(17-12-7-13-22-17)16-10-5-2-6-11-16/h2,5-7,10-13,15,19H,1,3-4,8-9,14H2,(H,20,21). The molecule has 3 nitrogen and oxygen atoms in total. The Morgan fingerprint density at radius 1 is 1.09 bits per heavy atom. The van der Waals surface area contributed by atoms with Crippen molar-refractivity contribution in [1.29, 1.82) is 0 Å². The van der Waals surface area contributed by atoms with Crippen LogP contribution in [0.3, 0.4) is 0 Å². The Labute approximate surface area is 131 Å². The van der Waals surface area contributed by atoms with Crippen molar-refractivity contribution >= 4 is 5.91 Å². The molecule has 1 aromatic carbocycles. The van der Waals surface area contributed by atoms with Crippen molar-refractivity contribution in [3.05, 3.63) is 60.1 Å². The molecule has 1 fully saturated rings. The summed E-state index contributed by atoms with van der Waals surface area (Å²) < 4.78 is 5.53. The predicted molar refractivity (Wildman–Crippen MR) is 86.3 cm³/mol. The van der Waals surface area contributed by atoms with E-state index in [9.17, 15) is 4.79 Å². The second kappa shape index (κ2) is 7.30. The maximum atomic E-state index is 12.4. The Morgan fingerprint density at radius 2 is 1.86 bits per heavy atom. The Bertz CT molecular complexity index is 571. The molecule has 2 aromatic rings. The van der Waals surface area contributed by atoms with E-state index >= 15 is 0 Å². The van der Waals surface area contributed by atoms with Gasteiger partial charge < -0.3 is 9.73 Å². The van der Waals surface area contributed by atoms with Crippen LogP contribution in [0.5, 0.6) is 0 Å². The molecular weight excluding hydrogens is 274 g/mol. The molecule has 1 saturated carbocycles. The van der Waals surface area contributed by atoms with Gasteiger partial charge in [-0.25, -0.2) is 0 Å². The minimum Gasteiger partial charge on any atom is -0.467 e. The minimum atomic E-state index is -0.202. The van der Waals surface area contributed by atoms with Crippen LogP contribution in [0, 0.1) is 5.92 Å². The number of carbonyl (C=O) groups is 1. The molecule has 0 saturated heterocycles. The smallest absolute Gasteiger partial charge is 0.221 e. The van der Waals surface area contributed by atoms with E-state index in [0.717, 1.165) is 11.3 Å². The zero-order valence-corrected chi connectivity index (χ0v) is 12.8. The first-order valence-electron chi connectivity index (χ1n) is 8.20. The minimum absolute atomic E-state index is 0.122. The monoisotopic (exact) mass is 297 g/mol. The van der Waals surface area contributed by atoms with Crippen molar-refractivity contribution < 1.29 is 9.21 Å². The van der Waals surface area contributed by atoms with E-state index in [2.05, 4.69) is 5.32 Å². The number of amides is 1. The zero-order valence-electron chi connectivity index (χ0n) is 12.8. The summed E-state index contributed by atoms with van der Waals surface area (Å²) in [5.41, 5.74) is 1.05. The van der Waals surface area contributed by atoms with Gasteiger partial charge in [-0.15, -0.1) is 0 Å². The van der Waals surface area contributed by atoms with Crippen LogP contribution in [0.25, 0.3) is 0 Å². The normalized spacial score (nSPS) is 17.1. The Morgan fingerprint density at radius 3 is 2.55 bits per heavy atom. The number of benzene rings is 1. The highest BCUT2D eigenvalue weighted by Crippen LogP contribution is 2.27. The van der Waals surface area contributed by atoms with Gasteiger partial charge in [-0.2, -0.15) is 0 Å². The number of nitrogens with one attached hydrogen (secondary N) is 1. The second-order valence-corrected chi connectivity index (χ2v) is 6.13. The molecule has 0 radical (unpaired) electrons. The van der Waals surface area contributed by atoms with Crippen molar-refractivity contribution in [3.63, 3.8) is 0 Å². The molecule has 0 bridgehead atoms. The van der Waals surface area contributed by atoms with E-state index < -0.39 is 0 Å². The van der Waals surface area contributed by atoms with Crippen molar-refractivity contribution in [2.45, 2.75) is 44.6 Å². The highest BCUT2D eigenvalue weighted by atomic mass is 16.3. The summed E-state index contributed by atoms with van der Waals surface area (Å²) in [5, 5.41) is 3.15. The van der Waals surface area contributed by atoms with Crippen LogP contribution in [-0.4, -0.2) is 5.91 Å². The lowest BCUT2D eigenvalue weighted by Gasteiger charge is -2.23. The van der Waals surface area contributed by atoms with Crippen LogP contribution in [0.15, 0.2) is 53.1 Å². The molecule has 1 N–H and O–H groups in total. The molecular formula is C19H23NO2. The summed E-state index contributed by atoms with van der Waals surface area (Å²) in [5.74, 6) is 1.45. The van der Waals surface area contributed by atoms with Crippen LogP contribution in [-0.2, 0) is 4.79 Å². The molecule has 1 amide bonds. The molecule has 1 aromatic heterocycles. The van der Waals surface area contributed by atoms with Crippen molar-refractivity contribution in [2.75, 3.05) is 0 Å². The lowest BCUT2D eigenvalue weighted by molar-refractivity contribution is -0.122. The SMILES string of the molecule is O=C(CC1CCCCC1)NC(c1ccccc1)c1ccco1. The van der Waals surface area contributed by atoms with Gasteiger partial charge in [0, 0.05) is 6.42 Å². The molecule has 1 heterocycles. The Hall–Kier alpha value is -2.03. The van der Waals surface area contributed by atoms with E-state index in [1.54, 1.807) is 6.26 Å². The summed E-state index contributed by atoms with van der Waals surface area (Å²) >= 11 is 0. The maximum absolute atomic E-state index is 12.4. The first kappa shape index (κ1) is 14.9. The van der Waals surface area contributed by atoms with Crippen LogP contribution < -0.4 is 5.32 Å². The van der Waals surface area contributed by atoms with Gasteiger partial charge >= 0.3 is 0 Å². The summed E-state index contributed by atoms with van der Waals surface area (Å²) in [6.45, 7) is 0. The van der Waals surface area contributed by atoms with Crippen molar-refractivity contribution in [1.82, 2.24) is 5.32 Å². The Balaban J connectivity index is 1.69. The summed E-state index contributed by atoms with van der Waals surface area (Å²) in [6, 6.07) is 13.6. The van der Waals surface area contributed by atoms with Gasteiger partial charge in [0.1, 0.15) is 11.8 Å². The lowest BCUT2D eigenvalue weighted by Crippen LogP contribution is -2.30. The molecule has 1 aliphatic carbocycles.